The van der Waals surface area contributed by atoms with Gasteiger partial charge in [0, 0.05) is 15.8 Å². The zero-order valence-corrected chi connectivity index (χ0v) is 13.4. The van der Waals surface area contributed by atoms with E-state index in [-0.39, 0.29) is 0 Å². The quantitative estimate of drug-likeness (QED) is 0.548. The van der Waals surface area contributed by atoms with E-state index in [1.807, 2.05) is 24.3 Å². The van der Waals surface area contributed by atoms with Gasteiger partial charge in [-0.3, -0.25) is 4.79 Å². The van der Waals surface area contributed by atoms with Crippen molar-refractivity contribution in [3.05, 3.63) is 64.8 Å². The molecule has 0 radical (unpaired) electrons. The third-order valence-corrected chi connectivity index (χ3v) is 4.55. The molecule has 0 aliphatic rings. The molecular formula is C18H13N3O2S. The maximum Gasteiger partial charge on any atom is 0.185 e. The molecule has 3 aromatic heterocycles. The first-order chi connectivity index (χ1) is 11.8. The molecule has 0 spiro atoms. The van der Waals surface area contributed by atoms with E-state index >= 15 is 0 Å². The molecule has 6 heteroatoms. The van der Waals surface area contributed by atoms with Crippen LogP contribution in [-0.4, -0.2) is 16.3 Å². The van der Waals surface area contributed by atoms with E-state index in [4.69, 9.17) is 4.42 Å². The standard InChI is InChI=1S/C18H13N3O2S/c22-10-13-4-6-17(23-13)12-3-5-16-15(8-12)18(21-11-20-16)19-9-14-2-1-7-24-14/h1-8,10-11H,9H2,(H,19,20,21). The van der Waals surface area contributed by atoms with Crippen LogP contribution in [0.2, 0.25) is 0 Å². The topological polar surface area (TPSA) is 68.0 Å². The first-order valence-electron chi connectivity index (χ1n) is 7.40. The molecule has 0 fully saturated rings. The first kappa shape index (κ1) is 14.6. The second kappa shape index (κ2) is 6.25. The van der Waals surface area contributed by atoms with Crippen LogP contribution < -0.4 is 5.32 Å². The highest BCUT2D eigenvalue weighted by atomic mass is 32.1. The Morgan fingerprint density at radius 2 is 2.12 bits per heavy atom. The monoisotopic (exact) mass is 335 g/mol. The van der Waals surface area contributed by atoms with Crippen molar-refractivity contribution in [3.63, 3.8) is 0 Å². The van der Waals surface area contributed by atoms with Gasteiger partial charge in [-0.15, -0.1) is 11.3 Å². The Labute approximate surface area is 142 Å². The van der Waals surface area contributed by atoms with E-state index in [0.717, 1.165) is 22.3 Å². The van der Waals surface area contributed by atoms with Crippen LogP contribution in [-0.2, 0) is 6.54 Å². The number of carbonyl (C=O) groups excluding carboxylic acids is 1. The number of benzene rings is 1. The zero-order chi connectivity index (χ0) is 16.4. The van der Waals surface area contributed by atoms with E-state index in [9.17, 15) is 4.79 Å². The van der Waals surface area contributed by atoms with Gasteiger partial charge in [0.25, 0.3) is 0 Å². The molecule has 1 aromatic carbocycles. The predicted octanol–water partition coefficient (Wildman–Crippen LogP) is 4.38. The summed E-state index contributed by atoms with van der Waals surface area (Å²) in [5.41, 5.74) is 1.73. The van der Waals surface area contributed by atoms with Gasteiger partial charge in [-0.2, -0.15) is 0 Å². The van der Waals surface area contributed by atoms with Crippen LogP contribution in [0.5, 0.6) is 0 Å². The van der Waals surface area contributed by atoms with E-state index in [1.165, 1.54) is 4.88 Å². The molecule has 4 aromatic rings. The van der Waals surface area contributed by atoms with Crippen molar-refractivity contribution in [2.75, 3.05) is 5.32 Å². The molecule has 5 nitrogen and oxygen atoms in total. The predicted molar refractivity (Wildman–Crippen MR) is 94.3 cm³/mol. The van der Waals surface area contributed by atoms with Gasteiger partial charge in [0.15, 0.2) is 12.0 Å². The highest BCUT2D eigenvalue weighted by Gasteiger charge is 2.09. The Balaban J connectivity index is 1.71. The number of rotatable bonds is 5. The second-order valence-electron chi connectivity index (χ2n) is 5.21. The lowest BCUT2D eigenvalue weighted by Gasteiger charge is -2.08. The summed E-state index contributed by atoms with van der Waals surface area (Å²) in [5, 5.41) is 6.32. The molecule has 0 aliphatic carbocycles. The SMILES string of the molecule is O=Cc1ccc(-c2ccc3ncnc(NCc4cccs4)c3c2)o1. The fraction of sp³-hybridized carbons (Fsp3) is 0.0556. The molecule has 0 atom stereocenters. The number of aromatic nitrogens is 2. The summed E-state index contributed by atoms with van der Waals surface area (Å²) in [4.78, 5) is 20.7. The van der Waals surface area contributed by atoms with E-state index < -0.39 is 0 Å². The summed E-state index contributed by atoms with van der Waals surface area (Å²) in [7, 11) is 0. The van der Waals surface area contributed by atoms with Crippen molar-refractivity contribution >= 4 is 34.3 Å². The lowest BCUT2D eigenvalue weighted by Crippen LogP contribution is -2.01. The molecule has 4 rings (SSSR count). The molecule has 24 heavy (non-hydrogen) atoms. The van der Waals surface area contributed by atoms with Crippen LogP contribution in [0.25, 0.3) is 22.2 Å². The lowest BCUT2D eigenvalue weighted by atomic mass is 10.1. The van der Waals surface area contributed by atoms with Gasteiger partial charge in [0.1, 0.15) is 17.9 Å². The van der Waals surface area contributed by atoms with Crippen molar-refractivity contribution in [2.24, 2.45) is 0 Å². The summed E-state index contributed by atoms with van der Waals surface area (Å²) in [5.74, 6) is 1.73. The molecule has 118 valence electrons. The molecule has 3 heterocycles. The number of aldehydes is 1. The van der Waals surface area contributed by atoms with Crippen LogP contribution in [0.1, 0.15) is 15.4 Å². The minimum absolute atomic E-state index is 0.311. The van der Waals surface area contributed by atoms with Gasteiger partial charge in [-0.1, -0.05) is 6.07 Å². The number of anilines is 1. The Hall–Kier alpha value is -2.99. The molecule has 0 saturated carbocycles. The van der Waals surface area contributed by atoms with E-state index in [2.05, 4.69) is 26.7 Å². The molecular weight excluding hydrogens is 322 g/mol. The summed E-state index contributed by atoms with van der Waals surface area (Å²) < 4.78 is 5.50. The van der Waals surface area contributed by atoms with Crippen LogP contribution in [0.3, 0.4) is 0 Å². The average molecular weight is 335 g/mol. The van der Waals surface area contributed by atoms with E-state index in [0.29, 0.717) is 24.4 Å². The summed E-state index contributed by atoms with van der Waals surface area (Å²) in [6.07, 6.45) is 2.25. The fourth-order valence-corrected chi connectivity index (χ4v) is 3.15. The van der Waals surface area contributed by atoms with Crippen molar-refractivity contribution in [1.82, 2.24) is 9.97 Å². The molecule has 0 aliphatic heterocycles. The van der Waals surface area contributed by atoms with Crippen LogP contribution >= 0.6 is 11.3 Å². The average Bonchev–Trinajstić information content (AvgIpc) is 3.31. The first-order valence-corrected chi connectivity index (χ1v) is 8.28. The zero-order valence-electron chi connectivity index (χ0n) is 12.6. The molecule has 0 saturated heterocycles. The third kappa shape index (κ3) is 2.79. The van der Waals surface area contributed by atoms with Crippen molar-refractivity contribution in [2.45, 2.75) is 6.54 Å². The third-order valence-electron chi connectivity index (χ3n) is 3.67. The van der Waals surface area contributed by atoms with E-state index in [1.54, 1.807) is 29.8 Å². The Kier molecular flexibility index (Phi) is 3.80. The minimum Gasteiger partial charge on any atom is -0.453 e. The van der Waals surface area contributed by atoms with Crippen LogP contribution in [0.15, 0.2) is 58.6 Å². The lowest BCUT2D eigenvalue weighted by molar-refractivity contribution is 0.110. The van der Waals surface area contributed by atoms with Gasteiger partial charge in [-0.05, 0) is 41.8 Å². The van der Waals surface area contributed by atoms with Gasteiger partial charge < -0.3 is 9.73 Å². The van der Waals surface area contributed by atoms with Gasteiger partial charge in [0.2, 0.25) is 0 Å². The summed E-state index contributed by atoms with van der Waals surface area (Å²) >= 11 is 1.70. The maximum absolute atomic E-state index is 10.8. The maximum atomic E-state index is 10.8. The van der Waals surface area contributed by atoms with Crippen molar-refractivity contribution < 1.29 is 9.21 Å². The van der Waals surface area contributed by atoms with Crippen molar-refractivity contribution in [3.8, 4) is 11.3 Å². The van der Waals surface area contributed by atoms with Gasteiger partial charge >= 0.3 is 0 Å². The highest BCUT2D eigenvalue weighted by molar-refractivity contribution is 7.09. The summed E-state index contributed by atoms with van der Waals surface area (Å²) in [6.45, 7) is 0.712. The molecule has 0 unspecified atom stereocenters. The van der Waals surface area contributed by atoms with Gasteiger partial charge in [-0.25, -0.2) is 9.97 Å². The number of nitrogens with one attached hydrogen (secondary N) is 1. The second-order valence-corrected chi connectivity index (χ2v) is 6.24. The normalized spacial score (nSPS) is 10.8. The number of fused-ring (bicyclic) bond motifs is 1. The molecule has 0 amide bonds. The Morgan fingerprint density at radius 3 is 2.92 bits per heavy atom. The summed E-state index contributed by atoms with van der Waals surface area (Å²) in [6, 6.07) is 13.4. The number of carbonyl (C=O) groups is 1. The van der Waals surface area contributed by atoms with Crippen LogP contribution in [0.4, 0.5) is 5.82 Å². The molecule has 1 N–H and O–H groups in total. The van der Waals surface area contributed by atoms with Crippen LogP contribution in [0, 0.1) is 0 Å². The fourth-order valence-electron chi connectivity index (χ4n) is 2.51. The van der Waals surface area contributed by atoms with Crippen molar-refractivity contribution in [1.29, 1.82) is 0 Å². The molecule has 0 bridgehead atoms. The largest absolute Gasteiger partial charge is 0.453 e. The highest BCUT2D eigenvalue weighted by Crippen LogP contribution is 2.28. The number of hydrogen-bond acceptors (Lipinski definition) is 6. The minimum atomic E-state index is 0.311. The number of furan rings is 1. The number of hydrogen-bond donors (Lipinski definition) is 1. The smallest absolute Gasteiger partial charge is 0.185 e. The number of thiophene rings is 1. The van der Waals surface area contributed by atoms with Gasteiger partial charge in [0.05, 0.1) is 12.1 Å². The Morgan fingerprint density at radius 1 is 1.17 bits per heavy atom. The number of nitrogens with zero attached hydrogens (tertiary/aromatic N) is 2. The Bertz CT molecular complexity index is 993.